The summed E-state index contributed by atoms with van der Waals surface area (Å²) in [6, 6.07) is 11.4. The Morgan fingerprint density at radius 2 is 1.83 bits per heavy atom. The minimum atomic E-state index is -4.46. The molecule has 1 aliphatic carbocycles. The number of imidazole rings is 1. The average molecular weight is 431 g/mol. The molecule has 30 heavy (non-hydrogen) atoms. The maximum absolute atomic E-state index is 12.9. The van der Waals surface area contributed by atoms with Crippen LogP contribution in [0.2, 0.25) is 5.15 Å². The van der Waals surface area contributed by atoms with Crippen LogP contribution in [0.1, 0.15) is 35.7 Å². The zero-order valence-corrected chi connectivity index (χ0v) is 16.9. The molecule has 0 saturated heterocycles. The molecule has 154 valence electrons. The van der Waals surface area contributed by atoms with Crippen molar-refractivity contribution < 1.29 is 13.2 Å². The lowest BCUT2D eigenvalue weighted by atomic mass is 10.1. The molecular weight excluding hydrogens is 413 g/mol. The predicted octanol–water partition coefficient (Wildman–Crippen LogP) is 6.03. The first-order valence-electron chi connectivity index (χ1n) is 9.65. The molecule has 4 aromatic rings. The number of aryl methyl sites for hydroxylation is 1. The molecule has 3 heterocycles. The molecule has 0 bridgehead atoms. The third kappa shape index (κ3) is 3.47. The van der Waals surface area contributed by atoms with Gasteiger partial charge in [0.1, 0.15) is 11.0 Å². The smallest absolute Gasteiger partial charge is 0.343 e. The maximum Gasteiger partial charge on any atom is 0.434 e. The van der Waals surface area contributed by atoms with Crippen molar-refractivity contribution in [2.75, 3.05) is 0 Å². The molecule has 8 heteroatoms. The van der Waals surface area contributed by atoms with Gasteiger partial charge in [0.2, 0.25) is 0 Å². The summed E-state index contributed by atoms with van der Waals surface area (Å²) in [6.45, 7) is 0.628. The van der Waals surface area contributed by atoms with E-state index in [9.17, 15) is 13.2 Å². The molecule has 0 spiro atoms. The van der Waals surface area contributed by atoms with Crippen molar-refractivity contribution in [3.8, 4) is 11.4 Å². The summed E-state index contributed by atoms with van der Waals surface area (Å²) in [6.07, 6.45) is 0.874. The molecule has 1 fully saturated rings. The molecule has 1 saturated carbocycles. The first-order chi connectivity index (χ1) is 14.3. The van der Waals surface area contributed by atoms with E-state index < -0.39 is 11.9 Å². The highest BCUT2D eigenvalue weighted by Gasteiger charge is 2.34. The second-order valence-electron chi connectivity index (χ2n) is 7.74. The van der Waals surface area contributed by atoms with E-state index in [-0.39, 0.29) is 5.82 Å². The molecular formula is C22H18ClF3N4. The summed E-state index contributed by atoms with van der Waals surface area (Å²) >= 11 is 6.25. The van der Waals surface area contributed by atoms with Gasteiger partial charge in [0.25, 0.3) is 0 Å². The van der Waals surface area contributed by atoms with Gasteiger partial charge >= 0.3 is 6.18 Å². The van der Waals surface area contributed by atoms with Gasteiger partial charge in [-0.1, -0.05) is 35.9 Å². The van der Waals surface area contributed by atoms with Crippen LogP contribution in [0.5, 0.6) is 0 Å². The Morgan fingerprint density at radius 1 is 1.10 bits per heavy atom. The standard InChI is InChI=1S/C22H18ClF3N4/c1-29-12-18(22(24,25)26)27-21(29)15-4-2-13(3-5-15)11-30-9-8-16-17(30)10-19(23)28-20(16)14-6-7-14/h2-5,8-10,12,14H,6-7,11H2,1H3. The number of pyridine rings is 1. The Bertz CT molecular complexity index is 1230. The van der Waals surface area contributed by atoms with Crippen LogP contribution in [-0.4, -0.2) is 19.1 Å². The van der Waals surface area contributed by atoms with Gasteiger partial charge in [-0.2, -0.15) is 13.2 Å². The highest BCUT2D eigenvalue weighted by atomic mass is 35.5. The molecule has 0 radical (unpaired) electrons. The van der Waals surface area contributed by atoms with E-state index in [0.717, 1.165) is 41.2 Å². The van der Waals surface area contributed by atoms with Crippen LogP contribution in [0.3, 0.4) is 0 Å². The van der Waals surface area contributed by atoms with Gasteiger partial charge in [0.05, 0.1) is 11.2 Å². The Labute approximate surface area is 175 Å². The number of hydrogen-bond donors (Lipinski definition) is 0. The molecule has 0 amide bonds. The normalized spacial score (nSPS) is 14.6. The van der Waals surface area contributed by atoms with Crippen LogP contribution in [0.15, 0.2) is 48.8 Å². The van der Waals surface area contributed by atoms with Crippen LogP contribution in [-0.2, 0) is 19.8 Å². The minimum absolute atomic E-state index is 0.284. The quantitative estimate of drug-likeness (QED) is 0.370. The van der Waals surface area contributed by atoms with Crippen molar-refractivity contribution in [3.63, 3.8) is 0 Å². The van der Waals surface area contributed by atoms with Crippen LogP contribution < -0.4 is 0 Å². The molecule has 3 aromatic heterocycles. The van der Waals surface area contributed by atoms with Gasteiger partial charge in [-0.25, -0.2) is 9.97 Å². The summed E-state index contributed by atoms with van der Waals surface area (Å²) in [5, 5.41) is 1.63. The summed E-state index contributed by atoms with van der Waals surface area (Å²) in [5.41, 5.74) is 2.89. The lowest BCUT2D eigenvalue weighted by Gasteiger charge is -2.09. The highest BCUT2D eigenvalue weighted by molar-refractivity contribution is 6.30. The van der Waals surface area contributed by atoms with E-state index in [1.54, 1.807) is 19.2 Å². The van der Waals surface area contributed by atoms with Crippen molar-refractivity contribution in [2.24, 2.45) is 7.05 Å². The number of hydrogen-bond acceptors (Lipinski definition) is 2. The van der Waals surface area contributed by atoms with Crippen molar-refractivity contribution >= 4 is 22.5 Å². The maximum atomic E-state index is 12.9. The molecule has 0 unspecified atom stereocenters. The largest absolute Gasteiger partial charge is 0.434 e. The summed E-state index contributed by atoms with van der Waals surface area (Å²) in [4.78, 5) is 8.27. The first-order valence-corrected chi connectivity index (χ1v) is 10.0. The number of aromatic nitrogens is 4. The number of halogens is 4. The second-order valence-corrected chi connectivity index (χ2v) is 8.12. The molecule has 4 nitrogen and oxygen atoms in total. The zero-order valence-electron chi connectivity index (χ0n) is 16.1. The predicted molar refractivity (Wildman–Crippen MR) is 109 cm³/mol. The van der Waals surface area contributed by atoms with Crippen LogP contribution in [0, 0.1) is 0 Å². The van der Waals surface area contributed by atoms with Gasteiger partial charge in [-0.05, 0) is 30.5 Å². The average Bonchev–Trinajstić information content (AvgIpc) is 3.35. The number of fused-ring (bicyclic) bond motifs is 1. The lowest BCUT2D eigenvalue weighted by Crippen LogP contribution is -2.04. The third-order valence-electron chi connectivity index (χ3n) is 5.46. The van der Waals surface area contributed by atoms with Crippen LogP contribution in [0.4, 0.5) is 13.2 Å². The fraction of sp³-hybridized carbons (Fsp3) is 0.273. The van der Waals surface area contributed by atoms with Crippen LogP contribution in [0.25, 0.3) is 22.3 Å². The van der Waals surface area contributed by atoms with Crippen molar-refractivity contribution in [1.82, 2.24) is 19.1 Å². The highest BCUT2D eigenvalue weighted by Crippen LogP contribution is 2.43. The molecule has 0 atom stereocenters. The second kappa shape index (κ2) is 6.87. The Morgan fingerprint density at radius 3 is 2.47 bits per heavy atom. The minimum Gasteiger partial charge on any atom is -0.343 e. The fourth-order valence-electron chi connectivity index (χ4n) is 3.82. The van der Waals surface area contributed by atoms with E-state index >= 15 is 0 Å². The number of alkyl halides is 3. The first kappa shape index (κ1) is 19.2. The van der Waals surface area contributed by atoms with Crippen molar-refractivity contribution in [1.29, 1.82) is 0 Å². The number of nitrogens with zero attached hydrogens (tertiary/aromatic N) is 4. The SMILES string of the molecule is Cn1cc(C(F)(F)F)nc1-c1ccc(Cn2ccc3c(C4CC4)nc(Cl)cc32)cc1. The number of benzene rings is 1. The summed E-state index contributed by atoms with van der Waals surface area (Å²) in [7, 11) is 1.56. The summed E-state index contributed by atoms with van der Waals surface area (Å²) < 4.78 is 42.3. The monoisotopic (exact) mass is 430 g/mol. The molecule has 1 aliphatic rings. The van der Waals surface area contributed by atoms with Gasteiger partial charge in [0, 0.05) is 42.9 Å². The van der Waals surface area contributed by atoms with E-state index in [4.69, 9.17) is 11.6 Å². The van der Waals surface area contributed by atoms with Gasteiger partial charge in [-0.3, -0.25) is 0 Å². The van der Waals surface area contributed by atoms with E-state index in [0.29, 0.717) is 23.2 Å². The Hall–Kier alpha value is -2.80. The van der Waals surface area contributed by atoms with E-state index in [2.05, 4.69) is 20.6 Å². The molecule has 1 aromatic carbocycles. The lowest BCUT2D eigenvalue weighted by molar-refractivity contribution is -0.140. The van der Waals surface area contributed by atoms with Crippen molar-refractivity contribution in [2.45, 2.75) is 31.5 Å². The zero-order chi connectivity index (χ0) is 21.0. The molecule has 5 rings (SSSR count). The van der Waals surface area contributed by atoms with Crippen LogP contribution >= 0.6 is 11.6 Å². The topological polar surface area (TPSA) is 35.6 Å². The van der Waals surface area contributed by atoms with Gasteiger partial charge < -0.3 is 9.13 Å². The number of rotatable bonds is 4. The Balaban J connectivity index is 1.43. The van der Waals surface area contributed by atoms with E-state index in [1.165, 1.54) is 4.57 Å². The summed E-state index contributed by atoms with van der Waals surface area (Å²) in [5.74, 6) is 0.785. The Kier molecular flexibility index (Phi) is 4.39. The van der Waals surface area contributed by atoms with E-state index in [1.807, 2.05) is 24.4 Å². The van der Waals surface area contributed by atoms with Gasteiger partial charge in [0.15, 0.2) is 5.69 Å². The molecule has 0 N–H and O–H groups in total. The third-order valence-corrected chi connectivity index (χ3v) is 5.66. The fourth-order valence-corrected chi connectivity index (χ4v) is 4.01. The van der Waals surface area contributed by atoms with Crippen molar-refractivity contribution in [3.05, 3.63) is 70.9 Å². The van der Waals surface area contributed by atoms with Gasteiger partial charge in [-0.15, -0.1) is 0 Å². The molecule has 0 aliphatic heterocycles.